The van der Waals surface area contributed by atoms with E-state index in [9.17, 15) is 14.0 Å². The zero-order chi connectivity index (χ0) is 15.1. The summed E-state index contributed by atoms with van der Waals surface area (Å²) in [6, 6.07) is 3.69. The third kappa shape index (κ3) is 4.64. The summed E-state index contributed by atoms with van der Waals surface area (Å²) in [7, 11) is 0. The molecule has 0 heterocycles. The van der Waals surface area contributed by atoms with E-state index in [1.807, 2.05) is 13.8 Å². The Balaban J connectivity index is 2.72. The summed E-state index contributed by atoms with van der Waals surface area (Å²) in [5.41, 5.74) is -0.0443. The lowest BCUT2D eigenvalue weighted by Crippen LogP contribution is -2.17. The molecule has 1 rings (SSSR count). The second-order valence-corrected chi connectivity index (χ2v) is 4.73. The van der Waals surface area contributed by atoms with Crippen LogP contribution in [0.5, 0.6) is 5.75 Å². The molecule has 0 spiro atoms. The van der Waals surface area contributed by atoms with Crippen molar-refractivity contribution in [3.8, 4) is 5.75 Å². The van der Waals surface area contributed by atoms with Gasteiger partial charge in [0.1, 0.15) is 0 Å². The molecule has 0 saturated carbocycles. The van der Waals surface area contributed by atoms with Gasteiger partial charge in [-0.25, -0.2) is 9.18 Å². The summed E-state index contributed by atoms with van der Waals surface area (Å²) in [4.78, 5) is 22.9. The first-order valence-corrected chi connectivity index (χ1v) is 6.59. The Kier molecular flexibility index (Phi) is 6.15. The van der Waals surface area contributed by atoms with Crippen molar-refractivity contribution in [1.29, 1.82) is 0 Å². The highest BCUT2D eigenvalue weighted by molar-refractivity contribution is 6.40. The Morgan fingerprint density at radius 3 is 2.55 bits per heavy atom. The van der Waals surface area contributed by atoms with Crippen molar-refractivity contribution in [1.82, 2.24) is 0 Å². The summed E-state index contributed by atoms with van der Waals surface area (Å²) in [6.07, 6.45) is 0.808. The van der Waals surface area contributed by atoms with E-state index in [-0.39, 0.29) is 17.9 Å². The van der Waals surface area contributed by atoms with Crippen LogP contribution in [0.4, 0.5) is 4.39 Å². The van der Waals surface area contributed by atoms with Gasteiger partial charge in [0.2, 0.25) is 0 Å². The van der Waals surface area contributed by atoms with Crippen LogP contribution >= 0.6 is 0 Å². The van der Waals surface area contributed by atoms with Crippen molar-refractivity contribution in [3.05, 3.63) is 29.6 Å². The molecule has 0 aliphatic rings. The van der Waals surface area contributed by atoms with Gasteiger partial charge in [0, 0.05) is 5.56 Å². The fraction of sp³-hybridized carbons (Fsp3) is 0.467. The van der Waals surface area contributed by atoms with Gasteiger partial charge >= 0.3 is 5.97 Å². The molecule has 5 heteroatoms. The molecule has 0 amide bonds. The molecule has 0 aliphatic heterocycles. The Morgan fingerprint density at radius 2 is 2.00 bits per heavy atom. The maximum atomic E-state index is 13.8. The van der Waals surface area contributed by atoms with Crippen molar-refractivity contribution in [2.45, 2.75) is 27.2 Å². The monoisotopic (exact) mass is 282 g/mol. The third-order valence-electron chi connectivity index (χ3n) is 2.61. The van der Waals surface area contributed by atoms with Gasteiger partial charge in [0.15, 0.2) is 11.6 Å². The second-order valence-electron chi connectivity index (χ2n) is 4.73. The molecular formula is C15H19FO4. The van der Waals surface area contributed by atoms with E-state index in [2.05, 4.69) is 4.74 Å². The molecule has 0 fully saturated rings. The number of carbonyl (C=O) groups is 2. The molecule has 0 aromatic heterocycles. The van der Waals surface area contributed by atoms with Crippen LogP contribution in [0.15, 0.2) is 18.2 Å². The number of halogens is 1. The maximum absolute atomic E-state index is 13.8. The number of rotatable bonds is 7. The molecule has 20 heavy (non-hydrogen) atoms. The van der Waals surface area contributed by atoms with Gasteiger partial charge in [-0.1, -0.05) is 13.8 Å². The summed E-state index contributed by atoms with van der Waals surface area (Å²) in [5.74, 6) is -1.97. The minimum absolute atomic E-state index is 0.0443. The lowest BCUT2D eigenvalue weighted by atomic mass is 10.1. The van der Waals surface area contributed by atoms with E-state index < -0.39 is 17.6 Å². The lowest BCUT2D eigenvalue weighted by molar-refractivity contribution is -0.137. The Morgan fingerprint density at radius 1 is 1.30 bits per heavy atom. The van der Waals surface area contributed by atoms with Crippen molar-refractivity contribution in [2.24, 2.45) is 5.92 Å². The van der Waals surface area contributed by atoms with Gasteiger partial charge < -0.3 is 9.47 Å². The normalized spacial score (nSPS) is 10.4. The predicted octanol–water partition coefficient (Wildman–Crippen LogP) is 3.00. The Labute approximate surface area is 117 Å². The molecule has 1 aromatic carbocycles. The number of Topliss-reactive ketones (excluding diaryl/α,β-unsaturated/α-hetero) is 1. The largest absolute Gasteiger partial charge is 0.491 e. The molecule has 0 N–H and O–H groups in total. The van der Waals surface area contributed by atoms with Gasteiger partial charge in [-0.15, -0.1) is 0 Å². The first-order chi connectivity index (χ1) is 9.45. The smallest absolute Gasteiger partial charge is 0.379 e. The molecule has 0 atom stereocenters. The number of hydrogen-bond donors (Lipinski definition) is 0. The second kappa shape index (κ2) is 7.62. The van der Waals surface area contributed by atoms with E-state index in [0.29, 0.717) is 12.5 Å². The van der Waals surface area contributed by atoms with Gasteiger partial charge in [-0.05, 0) is 37.5 Å². The maximum Gasteiger partial charge on any atom is 0.379 e. The summed E-state index contributed by atoms with van der Waals surface area (Å²) >= 11 is 0. The number of ether oxygens (including phenoxy) is 2. The SMILES string of the molecule is CCOC(=O)C(=O)c1ccc(OCCC(C)C)c(F)c1. The molecule has 0 saturated heterocycles. The summed E-state index contributed by atoms with van der Waals surface area (Å²) in [6.45, 7) is 6.18. The fourth-order valence-corrected chi connectivity index (χ4v) is 1.48. The quantitative estimate of drug-likeness (QED) is 0.438. The predicted molar refractivity (Wildman–Crippen MR) is 72.3 cm³/mol. The zero-order valence-corrected chi connectivity index (χ0v) is 11.9. The minimum atomic E-state index is -0.986. The van der Waals surface area contributed by atoms with Crippen molar-refractivity contribution < 1.29 is 23.5 Å². The zero-order valence-electron chi connectivity index (χ0n) is 11.9. The first-order valence-electron chi connectivity index (χ1n) is 6.59. The van der Waals surface area contributed by atoms with Gasteiger partial charge in [0.05, 0.1) is 13.2 Å². The fourth-order valence-electron chi connectivity index (χ4n) is 1.48. The number of esters is 1. The summed E-state index contributed by atoms with van der Waals surface area (Å²) < 4.78 is 23.6. The summed E-state index contributed by atoms with van der Waals surface area (Å²) in [5, 5.41) is 0. The number of hydrogen-bond acceptors (Lipinski definition) is 4. The van der Waals surface area contributed by atoms with Crippen molar-refractivity contribution >= 4 is 11.8 Å². The number of carbonyl (C=O) groups excluding carboxylic acids is 2. The van der Waals surface area contributed by atoms with Crippen LogP contribution in [0.1, 0.15) is 37.6 Å². The average molecular weight is 282 g/mol. The topological polar surface area (TPSA) is 52.6 Å². The van der Waals surface area contributed by atoms with Gasteiger partial charge in [-0.2, -0.15) is 0 Å². The molecule has 110 valence electrons. The van der Waals surface area contributed by atoms with Crippen LogP contribution in [0, 0.1) is 11.7 Å². The van der Waals surface area contributed by atoms with Crippen LogP contribution in [0.3, 0.4) is 0 Å². The molecule has 0 radical (unpaired) electrons. The molecule has 0 bridgehead atoms. The van der Waals surface area contributed by atoms with Gasteiger partial charge in [-0.3, -0.25) is 4.79 Å². The van der Waals surface area contributed by atoms with Crippen LogP contribution in [0.25, 0.3) is 0 Å². The van der Waals surface area contributed by atoms with Gasteiger partial charge in [0.25, 0.3) is 5.78 Å². The minimum Gasteiger partial charge on any atom is -0.491 e. The lowest BCUT2D eigenvalue weighted by Gasteiger charge is -2.09. The molecule has 0 unspecified atom stereocenters. The van der Waals surface area contributed by atoms with Crippen molar-refractivity contribution in [2.75, 3.05) is 13.2 Å². The van der Waals surface area contributed by atoms with E-state index in [0.717, 1.165) is 12.5 Å². The standard InChI is InChI=1S/C15H19FO4/c1-4-19-15(18)14(17)11-5-6-13(12(16)9-11)20-8-7-10(2)3/h5-6,9-10H,4,7-8H2,1-3H3. The Hall–Kier alpha value is -1.91. The van der Waals surface area contributed by atoms with Crippen LogP contribution in [0.2, 0.25) is 0 Å². The van der Waals surface area contributed by atoms with E-state index in [1.165, 1.54) is 12.1 Å². The highest BCUT2D eigenvalue weighted by Crippen LogP contribution is 2.19. The van der Waals surface area contributed by atoms with Crippen LogP contribution in [-0.4, -0.2) is 25.0 Å². The van der Waals surface area contributed by atoms with E-state index in [1.54, 1.807) is 6.92 Å². The van der Waals surface area contributed by atoms with E-state index in [4.69, 9.17) is 4.74 Å². The highest BCUT2D eigenvalue weighted by Gasteiger charge is 2.19. The molecule has 0 aliphatic carbocycles. The average Bonchev–Trinajstić information content (AvgIpc) is 2.39. The van der Waals surface area contributed by atoms with Crippen LogP contribution in [-0.2, 0) is 9.53 Å². The highest BCUT2D eigenvalue weighted by atomic mass is 19.1. The molecular weight excluding hydrogens is 263 g/mol. The molecule has 1 aromatic rings. The Bertz CT molecular complexity index is 483. The molecule has 4 nitrogen and oxygen atoms in total. The number of ketones is 1. The van der Waals surface area contributed by atoms with E-state index >= 15 is 0 Å². The van der Waals surface area contributed by atoms with Crippen LogP contribution < -0.4 is 4.74 Å². The number of benzene rings is 1. The first kappa shape index (κ1) is 16.1. The third-order valence-corrected chi connectivity index (χ3v) is 2.61. The van der Waals surface area contributed by atoms with Crippen molar-refractivity contribution in [3.63, 3.8) is 0 Å².